The summed E-state index contributed by atoms with van der Waals surface area (Å²) < 4.78 is 69.2. The Labute approximate surface area is 488 Å². The van der Waals surface area contributed by atoms with Gasteiger partial charge in [-0.05, 0) is 6.92 Å². The first-order valence-corrected chi connectivity index (χ1v) is 27.4. The maximum absolute atomic E-state index is 12.9. The lowest BCUT2D eigenvalue weighted by atomic mass is 9.94. The second kappa shape index (κ2) is 31.9. The zero-order valence-corrected chi connectivity index (χ0v) is 46.6. The predicted molar refractivity (Wildman–Crippen MR) is 267 cm³/mol. The fourth-order valence-electron chi connectivity index (χ4n) is 10.6. The largest absolute Gasteiger partial charge is 0.394 e. The predicted octanol–water partition coefficient (Wildman–Crippen LogP) is -15.2. The molecule has 6 fully saturated rings. The Bertz CT molecular complexity index is 2120. The average molecular weight is 1260 g/mol. The number of rotatable bonds is 25. The molecule has 0 aromatic carbocycles. The molecule has 0 unspecified atom stereocenters. The van der Waals surface area contributed by atoms with Crippen molar-refractivity contribution in [3.05, 3.63) is 0 Å². The maximum atomic E-state index is 12.9. The van der Waals surface area contributed by atoms with Gasteiger partial charge in [0.05, 0.1) is 58.4 Å². The van der Waals surface area contributed by atoms with E-state index in [4.69, 9.17) is 56.8 Å². The molecule has 0 aromatic heterocycles. The Kier molecular flexibility index (Phi) is 26.8. The van der Waals surface area contributed by atoms with Gasteiger partial charge < -0.3 is 175 Å². The number of hydrogen-bond acceptors (Lipinski definition) is 35. The Morgan fingerprint density at radius 2 is 0.860 bits per heavy atom. The number of nitrogens with one attached hydrogen (secondary N) is 3. The van der Waals surface area contributed by atoms with E-state index in [1.54, 1.807) is 0 Å². The van der Waals surface area contributed by atoms with Crippen LogP contribution in [0.15, 0.2) is 0 Å². The van der Waals surface area contributed by atoms with Crippen LogP contribution < -0.4 is 16.0 Å². The smallest absolute Gasteiger partial charge is 0.217 e. The first-order chi connectivity index (χ1) is 40.6. The molecule has 34 atom stereocenters. The van der Waals surface area contributed by atoms with Crippen molar-refractivity contribution in [2.45, 2.75) is 236 Å². The van der Waals surface area contributed by atoms with Crippen molar-refractivity contribution < 1.29 is 173 Å². The van der Waals surface area contributed by atoms with E-state index < -0.39 is 272 Å². The Balaban J connectivity index is 1.24. The minimum absolute atomic E-state index is 0.824. The van der Waals surface area contributed by atoms with Crippen LogP contribution in [-0.2, 0) is 71.2 Å². The zero-order chi connectivity index (χ0) is 63.9. The molecule has 0 radical (unpaired) electrons. The molecule has 6 heterocycles. The molecule has 38 heteroatoms. The summed E-state index contributed by atoms with van der Waals surface area (Å²) in [5, 5.41) is 223. The van der Waals surface area contributed by atoms with Crippen molar-refractivity contribution in [2.75, 3.05) is 46.2 Å². The van der Waals surface area contributed by atoms with E-state index >= 15 is 0 Å². The maximum Gasteiger partial charge on any atom is 0.217 e. The van der Waals surface area contributed by atoms with Crippen LogP contribution in [0, 0.1) is 0 Å². The third-order valence-electron chi connectivity index (χ3n) is 15.3. The van der Waals surface area contributed by atoms with E-state index in [0.717, 1.165) is 20.8 Å². The molecule has 6 saturated heterocycles. The highest BCUT2D eigenvalue weighted by atomic mass is 16.8. The highest BCUT2D eigenvalue weighted by molar-refractivity contribution is 5.74. The molecule has 0 aliphatic carbocycles. The molecular weight excluding hydrogens is 1180 g/mol. The van der Waals surface area contributed by atoms with Gasteiger partial charge in [-0.1, -0.05) is 0 Å². The van der Waals surface area contributed by atoms with Crippen molar-refractivity contribution >= 4 is 17.7 Å². The Morgan fingerprint density at radius 3 is 1.41 bits per heavy atom. The summed E-state index contributed by atoms with van der Waals surface area (Å²) in [7, 11) is 0. The molecule has 3 amide bonds. The highest BCUT2D eigenvalue weighted by Gasteiger charge is 2.58. The average Bonchev–Trinajstić information content (AvgIpc) is 1.03. The topological polar surface area (TPSA) is 603 Å². The first-order valence-electron chi connectivity index (χ1n) is 27.4. The number of ether oxygens (including phenoxy) is 12. The van der Waals surface area contributed by atoms with Crippen LogP contribution in [0.5, 0.6) is 0 Å². The first kappa shape index (κ1) is 72.2. The molecule has 38 nitrogen and oxygen atoms in total. The Hall–Kier alpha value is -2.87. The van der Waals surface area contributed by atoms with Gasteiger partial charge in [-0.25, -0.2) is 0 Å². The molecule has 86 heavy (non-hydrogen) atoms. The molecule has 500 valence electrons. The van der Waals surface area contributed by atoms with Crippen LogP contribution in [0.4, 0.5) is 0 Å². The van der Waals surface area contributed by atoms with E-state index in [1.807, 2.05) is 0 Å². The molecule has 0 aromatic rings. The number of aliphatic hydroxyl groups excluding tert-OH is 20. The minimum Gasteiger partial charge on any atom is -0.394 e. The van der Waals surface area contributed by atoms with Crippen LogP contribution >= 0.6 is 0 Å². The van der Waals surface area contributed by atoms with Gasteiger partial charge in [0.15, 0.2) is 37.7 Å². The second-order valence-corrected chi connectivity index (χ2v) is 21.6. The summed E-state index contributed by atoms with van der Waals surface area (Å²) in [5.41, 5.74) is 0. The standard InChI is InChI=1S/C48H83N3O35/c1-12-25(62)32(69)35(72)45(76-12)86-42-34(71)28(65)19(7-54)80-48(42)84-40-24(51-15(4)60)44(77-20(8-55)29(40)66)85-41-30(67)21(9-56)79-47(37(41)74)82-38(16(5-52)49-13(2)58)26(63)17(61)11-75-43-23(50-14(3)59)31(68)39(22(10-57)81-43)83-46-36(73)33(70)27(64)18(6-53)78-46/h12,16-48,52-57,61-74H,5-11H2,1-4H3,(H,49,58)(H,50,59)(H,51,60)/t12-,16-,17+,18+,19+,20+,21+,22+,23+,24+,25+,26-,27-,28-,29+,30-,31+,32+,33-,34-,35-,36+,37+,38+,39+,40+,41-,42+,43+,44-,45-,46-,47-,48-/m0/s1. The van der Waals surface area contributed by atoms with Crippen molar-refractivity contribution in [1.29, 1.82) is 0 Å². The van der Waals surface area contributed by atoms with Gasteiger partial charge in [-0.3, -0.25) is 14.4 Å². The minimum atomic E-state index is -2.37. The van der Waals surface area contributed by atoms with Crippen LogP contribution in [-0.4, -0.2) is 375 Å². The molecule has 0 bridgehead atoms. The summed E-state index contributed by atoms with van der Waals surface area (Å²) in [6.07, 6.45) is -60.1. The third kappa shape index (κ3) is 16.4. The van der Waals surface area contributed by atoms with Crippen molar-refractivity contribution in [1.82, 2.24) is 16.0 Å². The van der Waals surface area contributed by atoms with Gasteiger partial charge in [0.2, 0.25) is 17.7 Å². The summed E-state index contributed by atoms with van der Waals surface area (Å²) in [6.45, 7) is -2.97. The summed E-state index contributed by atoms with van der Waals surface area (Å²) in [6, 6.07) is -5.31. The normalized spacial score (nSPS) is 45.5. The van der Waals surface area contributed by atoms with E-state index in [0.29, 0.717) is 0 Å². The van der Waals surface area contributed by atoms with Gasteiger partial charge in [-0.2, -0.15) is 0 Å². The fraction of sp³-hybridized carbons (Fsp3) is 0.938. The quantitative estimate of drug-likeness (QED) is 0.0404. The fourth-order valence-corrected chi connectivity index (χ4v) is 10.6. The van der Waals surface area contributed by atoms with E-state index in [1.165, 1.54) is 6.92 Å². The lowest BCUT2D eigenvalue weighted by Crippen LogP contribution is -2.70. The molecule has 6 aliphatic heterocycles. The molecule has 6 aliphatic rings. The van der Waals surface area contributed by atoms with E-state index in [-0.39, 0.29) is 0 Å². The van der Waals surface area contributed by atoms with Crippen LogP contribution in [0.2, 0.25) is 0 Å². The van der Waals surface area contributed by atoms with E-state index in [9.17, 15) is 117 Å². The molecule has 6 rings (SSSR count). The third-order valence-corrected chi connectivity index (χ3v) is 15.3. The molecule has 23 N–H and O–H groups in total. The molecule has 0 spiro atoms. The summed E-state index contributed by atoms with van der Waals surface area (Å²) >= 11 is 0. The monoisotopic (exact) mass is 1260 g/mol. The van der Waals surface area contributed by atoms with Crippen molar-refractivity contribution in [3.8, 4) is 0 Å². The van der Waals surface area contributed by atoms with Crippen molar-refractivity contribution in [3.63, 3.8) is 0 Å². The van der Waals surface area contributed by atoms with Crippen LogP contribution in [0.3, 0.4) is 0 Å². The van der Waals surface area contributed by atoms with Gasteiger partial charge >= 0.3 is 0 Å². The highest BCUT2D eigenvalue weighted by Crippen LogP contribution is 2.37. The van der Waals surface area contributed by atoms with Gasteiger partial charge in [0, 0.05) is 20.8 Å². The van der Waals surface area contributed by atoms with Crippen LogP contribution in [0.1, 0.15) is 27.7 Å². The lowest BCUT2D eigenvalue weighted by Gasteiger charge is -2.50. The summed E-state index contributed by atoms with van der Waals surface area (Å²) in [4.78, 5) is 37.8. The van der Waals surface area contributed by atoms with Crippen LogP contribution in [0.25, 0.3) is 0 Å². The SMILES string of the molecule is CC(=O)N[C@H]1[C@H](OC[C@@H](O)[C@H](O)[C@H](O[C@@H]2O[C@H](CO)[C@H](O)[C@H](O[C@@H]3O[C@H](CO)[C@@H](O)[C@H](O[C@@H]4O[C@H](CO)[C@H](O)[C@H](O)[C@H]4O[C@@H]4O[C@@H](C)[C@@H](O)[C@@H](O)[C@@H]4O)[C@H]3NC(C)=O)[C@H]2O)[C@H](CO)NC(C)=O)O[C@H](CO)[C@@H](O[C@@H]2O[C@H](CO)[C@H](O)[C@H](O)[C@H]2O)[C@@H]1O. The molecular formula is C48H83N3O35. The zero-order valence-electron chi connectivity index (χ0n) is 46.6. The van der Waals surface area contributed by atoms with Gasteiger partial charge in [0.25, 0.3) is 0 Å². The Morgan fingerprint density at radius 1 is 0.419 bits per heavy atom. The number of carbonyl (C=O) groups is 3. The summed E-state index contributed by atoms with van der Waals surface area (Å²) in [5.74, 6) is -2.61. The van der Waals surface area contributed by atoms with Gasteiger partial charge in [0.1, 0.15) is 159 Å². The van der Waals surface area contributed by atoms with Gasteiger partial charge in [-0.15, -0.1) is 0 Å². The molecule has 0 saturated carbocycles. The lowest BCUT2D eigenvalue weighted by molar-refractivity contribution is -0.387. The number of hydrogen-bond donors (Lipinski definition) is 23. The number of carbonyl (C=O) groups excluding carboxylic acids is 3. The number of aliphatic hydroxyl groups is 20. The number of amides is 3. The van der Waals surface area contributed by atoms with E-state index in [2.05, 4.69) is 16.0 Å². The van der Waals surface area contributed by atoms with Crippen molar-refractivity contribution in [2.24, 2.45) is 0 Å². The second-order valence-electron chi connectivity index (χ2n) is 21.6.